The molecule has 0 aliphatic heterocycles. The molecule has 2 aromatic carbocycles. The predicted molar refractivity (Wildman–Crippen MR) is 123 cm³/mol. The lowest BCUT2D eigenvalue weighted by atomic mass is 9.91. The molecule has 6 nitrogen and oxygen atoms in total. The van der Waals surface area contributed by atoms with E-state index in [2.05, 4.69) is 0 Å². The smallest absolute Gasteiger partial charge is 0.211 e. The van der Waals surface area contributed by atoms with Crippen LogP contribution in [0.5, 0.6) is 5.75 Å². The molecule has 2 aromatic rings. The fourth-order valence-corrected chi connectivity index (χ4v) is 3.89. The molecule has 1 N–H and O–H groups in total. The van der Waals surface area contributed by atoms with Gasteiger partial charge in [0.1, 0.15) is 29.2 Å². The van der Waals surface area contributed by atoms with E-state index in [0.717, 1.165) is 12.0 Å². The van der Waals surface area contributed by atoms with Crippen LogP contribution in [-0.4, -0.2) is 60.6 Å². The summed E-state index contributed by atoms with van der Waals surface area (Å²) in [5.41, 5.74) is 1.87. The number of ether oxygens (including phenoxy) is 2. The number of fused-ring (bicyclic) bond motifs is 1. The molecule has 32 heavy (non-hydrogen) atoms. The summed E-state index contributed by atoms with van der Waals surface area (Å²) in [6, 6.07) is 14.1. The van der Waals surface area contributed by atoms with Gasteiger partial charge in [0.15, 0.2) is 0 Å². The molecule has 0 amide bonds. The van der Waals surface area contributed by atoms with E-state index in [1.807, 2.05) is 38.1 Å². The predicted octanol–water partition coefficient (Wildman–Crippen LogP) is 3.86. The van der Waals surface area contributed by atoms with Gasteiger partial charge in [-0.25, -0.2) is 0 Å². The van der Waals surface area contributed by atoms with Crippen molar-refractivity contribution in [2.24, 2.45) is 0 Å². The molecule has 0 saturated carbocycles. The number of rotatable bonds is 10. The lowest BCUT2D eigenvalue weighted by Crippen LogP contribution is -2.43. The number of halogens is 1. The number of ketones is 2. The lowest BCUT2D eigenvalue weighted by molar-refractivity contribution is 0.0650. The first-order chi connectivity index (χ1) is 15.3. The molecular weight excluding hydrogens is 430 g/mol. The molecule has 3 rings (SSSR count). The summed E-state index contributed by atoms with van der Waals surface area (Å²) in [5, 5.41) is 10.5. The van der Waals surface area contributed by atoms with Crippen molar-refractivity contribution in [3.8, 4) is 5.75 Å². The van der Waals surface area contributed by atoms with Gasteiger partial charge in [-0.1, -0.05) is 48.0 Å². The topological polar surface area (TPSA) is 76.1 Å². The molecule has 0 heterocycles. The number of hydrogen-bond acceptors (Lipinski definition) is 6. The summed E-state index contributed by atoms with van der Waals surface area (Å²) in [6.07, 6.45) is -0.0864. The number of nitrogens with zero attached hydrogens (tertiary/aromatic N) is 1. The number of Topliss-reactive ketones (excluding diaryl/α,β-unsaturated/α-hetero) is 2. The summed E-state index contributed by atoms with van der Waals surface area (Å²) >= 11 is 6.35. The second-order valence-electron chi connectivity index (χ2n) is 7.96. The van der Waals surface area contributed by atoms with Gasteiger partial charge in [-0.15, -0.1) is 0 Å². The number of methoxy groups -OCH3 is 1. The van der Waals surface area contributed by atoms with Crippen molar-refractivity contribution in [2.75, 3.05) is 26.9 Å². The van der Waals surface area contributed by atoms with Crippen molar-refractivity contribution in [1.29, 1.82) is 0 Å². The van der Waals surface area contributed by atoms with Crippen LogP contribution in [0.15, 0.2) is 59.3 Å². The number of allylic oxidation sites excluding steroid dienone is 2. The molecule has 0 saturated heterocycles. The van der Waals surface area contributed by atoms with E-state index in [-0.39, 0.29) is 41.5 Å². The van der Waals surface area contributed by atoms with Crippen LogP contribution in [-0.2, 0) is 11.2 Å². The van der Waals surface area contributed by atoms with E-state index in [1.54, 1.807) is 36.3 Å². The Hall–Kier alpha value is -2.67. The fourth-order valence-electron chi connectivity index (χ4n) is 3.59. The fraction of sp³-hybridized carbons (Fsp3) is 0.360. The standard InChI is InChI=1S/C25H28ClNO5/c1-16(2)27(23-22(26)24(29)20-6-4-5-7-21(20)25(23)30)14-18(28)15-32-19-10-8-17(9-11-19)12-13-31-3/h4-11,16,18,28H,12-15H2,1-3H3. The largest absolute Gasteiger partial charge is 0.491 e. The first-order valence-corrected chi connectivity index (χ1v) is 10.9. The Morgan fingerprint density at radius 3 is 2.22 bits per heavy atom. The Labute approximate surface area is 193 Å². The SMILES string of the molecule is COCCc1ccc(OCC(O)CN(C2=C(Cl)C(=O)c3ccccc3C2=O)C(C)C)cc1. The Morgan fingerprint density at radius 1 is 1.00 bits per heavy atom. The molecule has 0 spiro atoms. The second-order valence-corrected chi connectivity index (χ2v) is 8.34. The van der Waals surface area contributed by atoms with E-state index < -0.39 is 6.10 Å². The summed E-state index contributed by atoms with van der Waals surface area (Å²) in [7, 11) is 1.66. The first-order valence-electron chi connectivity index (χ1n) is 10.6. The van der Waals surface area contributed by atoms with E-state index in [9.17, 15) is 14.7 Å². The number of benzene rings is 2. The van der Waals surface area contributed by atoms with Gasteiger partial charge in [0.2, 0.25) is 11.6 Å². The molecule has 0 fully saturated rings. The summed E-state index contributed by atoms with van der Waals surface area (Å²) in [6.45, 7) is 4.53. The minimum Gasteiger partial charge on any atom is -0.491 e. The molecule has 0 radical (unpaired) electrons. The van der Waals surface area contributed by atoms with Gasteiger partial charge >= 0.3 is 0 Å². The first kappa shape index (κ1) is 24.0. The van der Waals surface area contributed by atoms with E-state index in [1.165, 1.54) is 0 Å². The average Bonchev–Trinajstić information content (AvgIpc) is 2.80. The van der Waals surface area contributed by atoms with Crippen LogP contribution in [0.3, 0.4) is 0 Å². The third-order valence-corrected chi connectivity index (χ3v) is 5.67. The van der Waals surface area contributed by atoms with Crippen LogP contribution < -0.4 is 4.74 Å². The average molecular weight is 458 g/mol. The minimum absolute atomic E-state index is 0.0320. The summed E-state index contributed by atoms with van der Waals surface area (Å²) < 4.78 is 10.8. The zero-order chi connectivity index (χ0) is 23.3. The quantitative estimate of drug-likeness (QED) is 0.584. The maximum Gasteiger partial charge on any atom is 0.211 e. The van der Waals surface area contributed by atoms with Crippen LogP contribution in [0.1, 0.15) is 40.1 Å². The van der Waals surface area contributed by atoms with Crippen LogP contribution in [0.4, 0.5) is 0 Å². The molecule has 1 aliphatic carbocycles. The molecule has 7 heteroatoms. The molecule has 0 aromatic heterocycles. The highest BCUT2D eigenvalue weighted by Crippen LogP contribution is 2.31. The number of aliphatic hydroxyl groups is 1. The number of carbonyl (C=O) groups excluding carboxylic acids is 2. The molecular formula is C25H28ClNO5. The van der Waals surface area contributed by atoms with Crippen LogP contribution >= 0.6 is 11.6 Å². The monoisotopic (exact) mass is 457 g/mol. The second kappa shape index (κ2) is 10.8. The highest BCUT2D eigenvalue weighted by atomic mass is 35.5. The summed E-state index contributed by atoms with van der Waals surface area (Å²) in [4.78, 5) is 27.5. The van der Waals surface area contributed by atoms with Gasteiger partial charge in [-0.3, -0.25) is 9.59 Å². The van der Waals surface area contributed by atoms with Gasteiger partial charge in [-0.2, -0.15) is 0 Å². The highest BCUT2D eigenvalue weighted by Gasteiger charge is 2.35. The maximum atomic E-state index is 13.1. The van der Waals surface area contributed by atoms with Crippen LogP contribution in [0.2, 0.25) is 0 Å². The zero-order valence-electron chi connectivity index (χ0n) is 18.5. The molecule has 1 unspecified atom stereocenters. The van der Waals surface area contributed by atoms with Gasteiger partial charge in [0, 0.05) is 30.8 Å². The van der Waals surface area contributed by atoms with Crippen molar-refractivity contribution >= 4 is 23.2 Å². The molecule has 0 bridgehead atoms. The Morgan fingerprint density at radius 2 is 1.62 bits per heavy atom. The van der Waals surface area contributed by atoms with E-state index in [4.69, 9.17) is 21.1 Å². The molecule has 1 atom stereocenters. The van der Waals surface area contributed by atoms with Crippen molar-refractivity contribution < 1.29 is 24.2 Å². The van der Waals surface area contributed by atoms with Gasteiger partial charge < -0.3 is 19.5 Å². The van der Waals surface area contributed by atoms with Crippen molar-refractivity contribution in [1.82, 2.24) is 4.90 Å². The normalized spacial score (nSPS) is 14.6. The Bertz CT molecular complexity index is 1000. The van der Waals surface area contributed by atoms with E-state index >= 15 is 0 Å². The highest BCUT2D eigenvalue weighted by molar-refractivity contribution is 6.49. The Kier molecular flexibility index (Phi) is 8.07. The Balaban J connectivity index is 1.69. The van der Waals surface area contributed by atoms with E-state index in [0.29, 0.717) is 23.5 Å². The minimum atomic E-state index is -0.900. The number of carbonyl (C=O) groups is 2. The third kappa shape index (κ3) is 5.38. The van der Waals surface area contributed by atoms with Gasteiger partial charge in [0.25, 0.3) is 0 Å². The van der Waals surface area contributed by atoms with Gasteiger partial charge in [-0.05, 0) is 38.0 Å². The van der Waals surface area contributed by atoms with Crippen molar-refractivity contribution in [2.45, 2.75) is 32.4 Å². The van der Waals surface area contributed by atoms with Crippen molar-refractivity contribution in [3.05, 3.63) is 76.0 Å². The molecule has 170 valence electrons. The molecule has 1 aliphatic rings. The van der Waals surface area contributed by atoms with Crippen molar-refractivity contribution in [3.63, 3.8) is 0 Å². The van der Waals surface area contributed by atoms with Gasteiger partial charge in [0.05, 0.1) is 6.61 Å². The lowest BCUT2D eigenvalue weighted by Gasteiger charge is -2.34. The maximum absolute atomic E-state index is 13.1. The van der Waals surface area contributed by atoms with Crippen LogP contribution in [0, 0.1) is 0 Å². The van der Waals surface area contributed by atoms with Crippen LogP contribution in [0.25, 0.3) is 0 Å². The number of aliphatic hydroxyl groups excluding tert-OH is 1. The number of hydrogen-bond donors (Lipinski definition) is 1. The zero-order valence-corrected chi connectivity index (χ0v) is 19.3. The third-order valence-electron chi connectivity index (χ3n) is 5.32. The summed E-state index contributed by atoms with van der Waals surface area (Å²) in [5.74, 6) is -0.0723.